The molecule has 0 atom stereocenters. The van der Waals surface area contributed by atoms with Crippen molar-refractivity contribution >= 4 is 6.09 Å². The van der Waals surface area contributed by atoms with Crippen LogP contribution in [0.1, 0.15) is 26.3 Å². The van der Waals surface area contributed by atoms with E-state index in [2.05, 4.69) is 10.5 Å². The SMILES string of the molecule is CC(C)(C)OC(=O)NCCOc1cc(-c2ccc(OCc3ccccc3)cc2)on1. The number of carbonyl (C=O) groups excluding carboxylic acids is 1. The van der Waals surface area contributed by atoms with Crippen molar-refractivity contribution in [2.75, 3.05) is 13.2 Å². The van der Waals surface area contributed by atoms with Gasteiger partial charge in [0.2, 0.25) is 0 Å². The van der Waals surface area contributed by atoms with Crippen LogP contribution in [0.25, 0.3) is 11.3 Å². The molecule has 0 unspecified atom stereocenters. The van der Waals surface area contributed by atoms with Gasteiger partial charge in [0.1, 0.15) is 24.6 Å². The average molecular weight is 410 g/mol. The molecule has 0 bridgehead atoms. The predicted octanol–water partition coefficient (Wildman–Crippen LogP) is 4.82. The monoisotopic (exact) mass is 410 g/mol. The molecule has 7 heteroatoms. The third-order valence-electron chi connectivity index (χ3n) is 3.90. The summed E-state index contributed by atoms with van der Waals surface area (Å²) in [4.78, 5) is 11.6. The summed E-state index contributed by atoms with van der Waals surface area (Å²) in [5, 5.41) is 6.51. The van der Waals surface area contributed by atoms with Gasteiger partial charge in [0.15, 0.2) is 5.76 Å². The number of ether oxygens (including phenoxy) is 3. The number of hydrogen-bond donors (Lipinski definition) is 1. The molecule has 0 aliphatic rings. The Labute approximate surface area is 175 Å². The third kappa shape index (κ3) is 6.84. The smallest absolute Gasteiger partial charge is 0.407 e. The van der Waals surface area contributed by atoms with Crippen LogP contribution < -0.4 is 14.8 Å². The Bertz CT molecular complexity index is 930. The van der Waals surface area contributed by atoms with Gasteiger partial charge in [-0.15, -0.1) is 0 Å². The van der Waals surface area contributed by atoms with Crippen LogP contribution in [0, 0.1) is 0 Å². The highest BCUT2D eigenvalue weighted by Crippen LogP contribution is 2.26. The fourth-order valence-electron chi connectivity index (χ4n) is 2.54. The van der Waals surface area contributed by atoms with Crippen molar-refractivity contribution < 1.29 is 23.5 Å². The fourth-order valence-corrected chi connectivity index (χ4v) is 2.54. The maximum atomic E-state index is 11.6. The van der Waals surface area contributed by atoms with Crippen molar-refractivity contribution in [1.29, 1.82) is 0 Å². The van der Waals surface area contributed by atoms with E-state index in [9.17, 15) is 4.79 Å². The van der Waals surface area contributed by atoms with Crippen molar-refractivity contribution in [1.82, 2.24) is 10.5 Å². The minimum absolute atomic E-state index is 0.248. The van der Waals surface area contributed by atoms with Crippen molar-refractivity contribution in [3.05, 3.63) is 66.2 Å². The molecule has 2 aromatic carbocycles. The fraction of sp³-hybridized carbons (Fsp3) is 0.304. The number of aromatic nitrogens is 1. The van der Waals surface area contributed by atoms with E-state index in [0.717, 1.165) is 16.9 Å². The van der Waals surface area contributed by atoms with Crippen LogP contribution in [0.5, 0.6) is 11.6 Å². The zero-order valence-electron chi connectivity index (χ0n) is 17.4. The highest BCUT2D eigenvalue weighted by Gasteiger charge is 2.15. The Morgan fingerprint density at radius 2 is 1.77 bits per heavy atom. The van der Waals surface area contributed by atoms with Crippen LogP contribution in [0.2, 0.25) is 0 Å². The van der Waals surface area contributed by atoms with E-state index in [1.165, 1.54) is 0 Å². The van der Waals surface area contributed by atoms with Crippen molar-refractivity contribution in [3.63, 3.8) is 0 Å². The van der Waals surface area contributed by atoms with Crippen LogP contribution in [0.3, 0.4) is 0 Å². The summed E-state index contributed by atoms with van der Waals surface area (Å²) in [6.45, 7) is 6.48. The number of alkyl carbamates (subject to hydrolysis) is 1. The number of benzene rings is 2. The lowest BCUT2D eigenvalue weighted by atomic mass is 10.1. The Hall–Kier alpha value is -3.48. The molecule has 7 nitrogen and oxygen atoms in total. The zero-order valence-corrected chi connectivity index (χ0v) is 17.4. The first-order chi connectivity index (χ1) is 14.4. The van der Waals surface area contributed by atoms with Gasteiger partial charge in [-0.2, -0.15) is 0 Å². The standard InChI is InChI=1S/C23H26N2O5/c1-23(2,3)29-22(26)24-13-14-27-21-15-20(30-25-21)18-9-11-19(12-10-18)28-16-17-7-5-4-6-8-17/h4-12,15H,13-14,16H2,1-3H3,(H,24,26). The Morgan fingerprint density at radius 1 is 1.03 bits per heavy atom. The highest BCUT2D eigenvalue weighted by atomic mass is 16.6. The lowest BCUT2D eigenvalue weighted by molar-refractivity contribution is 0.0519. The summed E-state index contributed by atoms with van der Waals surface area (Å²) in [5.74, 6) is 1.70. The molecule has 0 spiro atoms. The predicted molar refractivity (Wildman–Crippen MR) is 112 cm³/mol. The summed E-state index contributed by atoms with van der Waals surface area (Å²) in [6.07, 6.45) is -0.485. The molecule has 1 N–H and O–H groups in total. The van der Waals surface area contributed by atoms with Gasteiger partial charge in [-0.25, -0.2) is 4.79 Å². The molecular formula is C23H26N2O5. The first kappa shape index (κ1) is 21.2. The number of nitrogens with zero attached hydrogens (tertiary/aromatic N) is 1. The van der Waals surface area contributed by atoms with E-state index >= 15 is 0 Å². The zero-order chi connectivity index (χ0) is 21.4. The average Bonchev–Trinajstić information content (AvgIpc) is 3.18. The summed E-state index contributed by atoms with van der Waals surface area (Å²) in [5.41, 5.74) is 1.43. The quantitative estimate of drug-likeness (QED) is 0.536. The van der Waals surface area contributed by atoms with Gasteiger partial charge in [0.25, 0.3) is 5.88 Å². The van der Waals surface area contributed by atoms with E-state index in [1.807, 2.05) is 75.4 Å². The normalized spacial score (nSPS) is 11.0. The summed E-state index contributed by atoms with van der Waals surface area (Å²) in [6, 6.07) is 19.2. The first-order valence-corrected chi connectivity index (χ1v) is 9.72. The van der Waals surface area contributed by atoms with Gasteiger partial charge in [-0.3, -0.25) is 0 Å². The Morgan fingerprint density at radius 3 is 2.47 bits per heavy atom. The molecule has 0 saturated carbocycles. The van der Waals surface area contributed by atoms with E-state index < -0.39 is 11.7 Å². The maximum absolute atomic E-state index is 11.6. The first-order valence-electron chi connectivity index (χ1n) is 9.72. The van der Waals surface area contributed by atoms with E-state index in [0.29, 0.717) is 24.8 Å². The molecule has 0 aliphatic carbocycles. The number of nitrogens with one attached hydrogen (secondary N) is 1. The molecule has 30 heavy (non-hydrogen) atoms. The van der Waals surface area contributed by atoms with E-state index in [-0.39, 0.29) is 6.61 Å². The minimum Gasteiger partial charge on any atom is -0.489 e. The van der Waals surface area contributed by atoms with Gasteiger partial charge in [0, 0.05) is 11.6 Å². The second-order valence-corrected chi connectivity index (χ2v) is 7.61. The topological polar surface area (TPSA) is 82.8 Å². The number of hydrogen-bond acceptors (Lipinski definition) is 6. The number of carbonyl (C=O) groups is 1. The third-order valence-corrected chi connectivity index (χ3v) is 3.90. The van der Waals surface area contributed by atoms with Crippen molar-refractivity contribution in [3.8, 4) is 23.0 Å². The maximum Gasteiger partial charge on any atom is 0.407 e. The molecule has 1 aromatic heterocycles. The molecule has 0 saturated heterocycles. The molecule has 0 fully saturated rings. The van der Waals surface area contributed by atoms with Crippen LogP contribution in [0.15, 0.2) is 65.2 Å². The largest absolute Gasteiger partial charge is 0.489 e. The Kier molecular flexibility index (Phi) is 6.95. The molecule has 1 heterocycles. The van der Waals surface area contributed by atoms with Crippen LogP contribution in [-0.4, -0.2) is 30.0 Å². The second-order valence-electron chi connectivity index (χ2n) is 7.61. The van der Waals surface area contributed by atoms with Gasteiger partial charge in [-0.05, 0) is 55.8 Å². The van der Waals surface area contributed by atoms with Gasteiger partial charge in [0.05, 0.1) is 6.54 Å². The minimum atomic E-state index is -0.534. The molecule has 3 rings (SSSR count). The van der Waals surface area contributed by atoms with Crippen LogP contribution in [-0.2, 0) is 11.3 Å². The lowest BCUT2D eigenvalue weighted by Gasteiger charge is -2.19. The number of rotatable bonds is 8. The van der Waals surface area contributed by atoms with Gasteiger partial charge in [-0.1, -0.05) is 30.3 Å². The molecule has 158 valence electrons. The summed E-state index contributed by atoms with van der Waals surface area (Å²) < 4.78 is 21.8. The van der Waals surface area contributed by atoms with Crippen molar-refractivity contribution in [2.45, 2.75) is 33.0 Å². The van der Waals surface area contributed by atoms with Crippen LogP contribution in [0.4, 0.5) is 4.79 Å². The molecule has 3 aromatic rings. The molecular weight excluding hydrogens is 384 g/mol. The van der Waals surface area contributed by atoms with Gasteiger partial charge >= 0.3 is 6.09 Å². The van der Waals surface area contributed by atoms with E-state index in [1.54, 1.807) is 6.07 Å². The van der Waals surface area contributed by atoms with E-state index in [4.69, 9.17) is 18.7 Å². The van der Waals surface area contributed by atoms with Crippen LogP contribution >= 0.6 is 0 Å². The lowest BCUT2D eigenvalue weighted by Crippen LogP contribution is -2.34. The Balaban J connectivity index is 1.44. The highest BCUT2D eigenvalue weighted by molar-refractivity contribution is 5.67. The molecule has 0 radical (unpaired) electrons. The summed E-state index contributed by atoms with van der Waals surface area (Å²) >= 11 is 0. The van der Waals surface area contributed by atoms with Crippen molar-refractivity contribution in [2.24, 2.45) is 0 Å². The number of amides is 1. The second kappa shape index (κ2) is 9.82. The summed E-state index contributed by atoms with van der Waals surface area (Å²) in [7, 11) is 0. The molecule has 1 amide bonds. The van der Waals surface area contributed by atoms with Gasteiger partial charge < -0.3 is 24.1 Å². The molecule has 0 aliphatic heterocycles.